The molecule has 8 heteroatoms. The van der Waals surface area contributed by atoms with Crippen molar-refractivity contribution in [3.8, 4) is 5.75 Å². The third kappa shape index (κ3) is 4.41. The second-order valence-corrected chi connectivity index (χ2v) is 8.56. The Balaban J connectivity index is 1.48. The van der Waals surface area contributed by atoms with Crippen molar-refractivity contribution in [3.63, 3.8) is 0 Å². The highest BCUT2D eigenvalue weighted by atomic mass is 16.8. The van der Waals surface area contributed by atoms with E-state index < -0.39 is 36.1 Å². The van der Waals surface area contributed by atoms with Crippen LogP contribution >= 0.6 is 0 Å². The van der Waals surface area contributed by atoms with Gasteiger partial charge in [-0.15, -0.1) is 0 Å². The van der Waals surface area contributed by atoms with Gasteiger partial charge < -0.3 is 33.7 Å². The van der Waals surface area contributed by atoms with Crippen LogP contribution in [0.4, 0.5) is 0 Å². The number of fused-ring (bicyclic) bond motifs is 1. The average Bonchev–Trinajstić information content (AvgIpc) is 3.25. The van der Waals surface area contributed by atoms with Crippen molar-refractivity contribution in [2.45, 2.75) is 76.3 Å². The normalized spacial score (nSPS) is 34.7. The van der Waals surface area contributed by atoms with Gasteiger partial charge in [-0.05, 0) is 45.4 Å². The van der Waals surface area contributed by atoms with Crippen LogP contribution in [0.15, 0.2) is 24.3 Å². The summed E-state index contributed by atoms with van der Waals surface area (Å²) < 4.78 is 34.9. The van der Waals surface area contributed by atoms with Crippen LogP contribution in [0.5, 0.6) is 5.75 Å². The standard InChI is InChI=1S/C21H29NO7/c1-20(2)25-11-14(27-20)17-16(18-19(26-17)29-21(3,4)28-18)22-15(23)10-12-7-6-8-13(9-12)24-5/h6-9,14,16-19H,10-11H2,1-5H3,(H,22,23)/t14-,16-,17-,18-,19-/m1/s1. The molecule has 0 bridgehead atoms. The van der Waals surface area contributed by atoms with Gasteiger partial charge >= 0.3 is 0 Å². The molecular formula is C21H29NO7. The first-order chi connectivity index (χ1) is 13.7. The molecule has 3 saturated heterocycles. The molecule has 5 atom stereocenters. The Hall–Kier alpha value is -1.71. The summed E-state index contributed by atoms with van der Waals surface area (Å²) in [5, 5.41) is 3.08. The molecule has 0 spiro atoms. The molecule has 0 unspecified atom stereocenters. The summed E-state index contributed by atoms with van der Waals surface area (Å²) >= 11 is 0. The summed E-state index contributed by atoms with van der Waals surface area (Å²) in [5.74, 6) is -0.890. The monoisotopic (exact) mass is 407 g/mol. The lowest BCUT2D eigenvalue weighted by Crippen LogP contribution is -2.52. The fourth-order valence-corrected chi connectivity index (χ4v) is 4.10. The van der Waals surface area contributed by atoms with Crippen LogP contribution in [0, 0.1) is 0 Å². The van der Waals surface area contributed by atoms with Gasteiger partial charge in [-0.25, -0.2) is 0 Å². The fraction of sp³-hybridized carbons (Fsp3) is 0.667. The highest BCUT2D eigenvalue weighted by Gasteiger charge is 2.58. The van der Waals surface area contributed by atoms with Crippen LogP contribution in [0.1, 0.15) is 33.3 Å². The van der Waals surface area contributed by atoms with Gasteiger partial charge in [0.15, 0.2) is 17.9 Å². The van der Waals surface area contributed by atoms with E-state index in [-0.39, 0.29) is 18.4 Å². The summed E-state index contributed by atoms with van der Waals surface area (Å²) in [6.07, 6.45) is -1.53. The summed E-state index contributed by atoms with van der Waals surface area (Å²) in [6, 6.07) is 7.03. The second-order valence-electron chi connectivity index (χ2n) is 8.56. The third-order valence-corrected chi connectivity index (χ3v) is 5.31. The van der Waals surface area contributed by atoms with E-state index in [2.05, 4.69) is 5.32 Å². The zero-order chi connectivity index (χ0) is 20.8. The number of hydrogen-bond acceptors (Lipinski definition) is 7. The van der Waals surface area contributed by atoms with Gasteiger partial charge in [0.2, 0.25) is 5.91 Å². The minimum absolute atomic E-state index is 0.135. The summed E-state index contributed by atoms with van der Waals surface area (Å²) in [5.41, 5.74) is 0.861. The molecule has 1 aromatic rings. The number of nitrogens with one attached hydrogen (secondary N) is 1. The molecule has 8 nitrogen and oxygen atoms in total. The maximum Gasteiger partial charge on any atom is 0.224 e. The van der Waals surface area contributed by atoms with Crippen molar-refractivity contribution in [3.05, 3.63) is 29.8 Å². The predicted molar refractivity (Wildman–Crippen MR) is 102 cm³/mol. The Labute approximate surface area is 170 Å². The number of amides is 1. The van der Waals surface area contributed by atoms with Crippen molar-refractivity contribution in [1.82, 2.24) is 5.32 Å². The average molecular weight is 407 g/mol. The van der Waals surface area contributed by atoms with Crippen LogP contribution in [0.3, 0.4) is 0 Å². The molecule has 3 heterocycles. The molecule has 0 saturated carbocycles. The van der Waals surface area contributed by atoms with Crippen LogP contribution in [0.25, 0.3) is 0 Å². The molecule has 1 amide bonds. The van der Waals surface area contributed by atoms with E-state index in [1.54, 1.807) is 7.11 Å². The van der Waals surface area contributed by atoms with Crippen LogP contribution in [0.2, 0.25) is 0 Å². The topological polar surface area (TPSA) is 84.5 Å². The number of hydrogen-bond donors (Lipinski definition) is 1. The molecule has 4 rings (SSSR count). The van der Waals surface area contributed by atoms with Crippen molar-refractivity contribution >= 4 is 5.91 Å². The summed E-state index contributed by atoms with van der Waals surface area (Å²) in [4.78, 5) is 12.8. The van der Waals surface area contributed by atoms with E-state index in [4.69, 9.17) is 28.4 Å². The van der Waals surface area contributed by atoms with Gasteiger partial charge in [0.1, 0.15) is 24.1 Å². The first kappa shape index (κ1) is 20.6. The molecule has 0 aromatic heterocycles. The SMILES string of the molecule is COc1cccc(CC(=O)N[C@H]2[C@H]3OC(C)(C)O[C@H]3O[C@@H]2[C@H]2COC(C)(C)O2)c1. The van der Waals surface area contributed by atoms with E-state index in [1.807, 2.05) is 52.0 Å². The number of carbonyl (C=O) groups is 1. The van der Waals surface area contributed by atoms with E-state index >= 15 is 0 Å². The first-order valence-electron chi connectivity index (χ1n) is 9.91. The first-order valence-corrected chi connectivity index (χ1v) is 9.91. The molecule has 3 aliphatic heterocycles. The summed E-state index contributed by atoms with van der Waals surface area (Å²) in [6.45, 7) is 7.75. The minimum atomic E-state index is -0.775. The van der Waals surface area contributed by atoms with Crippen molar-refractivity contribution in [2.24, 2.45) is 0 Å². The van der Waals surface area contributed by atoms with Crippen molar-refractivity contribution in [1.29, 1.82) is 0 Å². The fourth-order valence-electron chi connectivity index (χ4n) is 4.10. The number of methoxy groups -OCH3 is 1. The largest absolute Gasteiger partial charge is 0.497 e. The lowest BCUT2D eigenvalue weighted by atomic mass is 10.0. The second kappa shape index (κ2) is 7.52. The number of rotatable bonds is 5. The molecule has 160 valence electrons. The molecule has 0 aliphatic carbocycles. The zero-order valence-electron chi connectivity index (χ0n) is 17.5. The van der Waals surface area contributed by atoms with Crippen LogP contribution < -0.4 is 10.1 Å². The zero-order valence-corrected chi connectivity index (χ0v) is 17.5. The third-order valence-electron chi connectivity index (χ3n) is 5.31. The highest BCUT2D eigenvalue weighted by Crippen LogP contribution is 2.40. The van der Waals surface area contributed by atoms with E-state index in [0.29, 0.717) is 12.4 Å². The number of ether oxygens (including phenoxy) is 6. The molecule has 0 radical (unpaired) electrons. The van der Waals surface area contributed by atoms with E-state index in [0.717, 1.165) is 5.56 Å². The van der Waals surface area contributed by atoms with Gasteiger partial charge in [-0.1, -0.05) is 12.1 Å². The van der Waals surface area contributed by atoms with E-state index in [1.165, 1.54) is 0 Å². The van der Waals surface area contributed by atoms with Crippen LogP contribution in [-0.4, -0.2) is 61.8 Å². The summed E-state index contributed by atoms with van der Waals surface area (Å²) in [7, 11) is 1.60. The van der Waals surface area contributed by atoms with Gasteiger partial charge in [0.25, 0.3) is 0 Å². The minimum Gasteiger partial charge on any atom is -0.497 e. The maximum absolute atomic E-state index is 12.8. The van der Waals surface area contributed by atoms with Crippen molar-refractivity contribution < 1.29 is 33.2 Å². The Kier molecular flexibility index (Phi) is 5.33. The number of benzene rings is 1. The van der Waals surface area contributed by atoms with Gasteiger partial charge in [0.05, 0.1) is 26.2 Å². The molecular weight excluding hydrogens is 378 g/mol. The quantitative estimate of drug-likeness (QED) is 0.796. The smallest absolute Gasteiger partial charge is 0.224 e. The molecule has 1 aromatic carbocycles. The lowest BCUT2D eigenvalue weighted by molar-refractivity contribution is -0.223. The number of carbonyl (C=O) groups excluding carboxylic acids is 1. The highest BCUT2D eigenvalue weighted by molar-refractivity contribution is 5.79. The van der Waals surface area contributed by atoms with Crippen molar-refractivity contribution in [2.75, 3.05) is 13.7 Å². The van der Waals surface area contributed by atoms with Gasteiger partial charge in [0, 0.05) is 0 Å². The Morgan fingerprint density at radius 3 is 2.62 bits per heavy atom. The molecule has 1 N–H and O–H groups in total. The van der Waals surface area contributed by atoms with E-state index in [9.17, 15) is 4.79 Å². The molecule has 3 aliphatic rings. The predicted octanol–water partition coefficient (Wildman–Crippen LogP) is 1.75. The Morgan fingerprint density at radius 1 is 1.14 bits per heavy atom. The van der Waals surface area contributed by atoms with Gasteiger partial charge in [-0.3, -0.25) is 4.79 Å². The van der Waals surface area contributed by atoms with Crippen LogP contribution in [-0.2, 0) is 34.9 Å². The molecule has 29 heavy (non-hydrogen) atoms. The van der Waals surface area contributed by atoms with Gasteiger partial charge in [-0.2, -0.15) is 0 Å². The Bertz CT molecular complexity index is 765. The molecule has 3 fully saturated rings. The maximum atomic E-state index is 12.8. The lowest BCUT2D eigenvalue weighted by Gasteiger charge is -2.29. The Morgan fingerprint density at radius 2 is 1.93 bits per heavy atom.